The van der Waals surface area contributed by atoms with Gasteiger partial charge in [0.05, 0.1) is 11.9 Å². The van der Waals surface area contributed by atoms with Gasteiger partial charge in [0.25, 0.3) is 0 Å². The van der Waals surface area contributed by atoms with Crippen molar-refractivity contribution in [2.45, 2.75) is 57.5 Å². The lowest BCUT2D eigenvalue weighted by Gasteiger charge is -2.33. The highest BCUT2D eigenvalue weighted by Crippen LogP contribution is 2.34. The summed E-state index contributed by atoms with van der Waals surface area (Å²) in [7, 11) is -3.82. The maximum absolute atomic E-state index is 13.7. The SMILES string of the molecule is CC(C(=O)NC1CCCCC1)N(CCc1ccccc1)C(=O)CN(c1ccc2c(c1)OCCO2)S(C)(=O)=O. The molecule has 1 atom stereocenters. The molecule has 0 bridgehead atoms. The Labute approximate surface area is 225 Å². The molecule has 2 aromatic carbocycles. The molecule has 1 fully saturated rings. The van der Waals surface area contributed by atoms with Crippen molar-refractivity contribution in [2.24, 2.45) is 0 Å². The van der Waals surface area contributed by atoms with Crippen LogP contribution < -0.4 is 19.1 Å². The Kier molecular flexibility index (Phi) is 9.14. The average Bonchev–Trinajstić information content (AvgIpc) is 2.92. The minimum absolute atomic E-state index is 0.106. The summed E-state index contributed by atoms with van der Waals surface area (Å²) in [4.78, 5) is 28.4. The summed E-state index contributed by atoms with van der Waals surface area (Å²) in [5.41, 5.74) is 1.32. The average molecular weight is 544 g/mol. The van der Waals surface area contributed by atoms with Gasteiger partial charge in [0.1, 0.15) is 25.8 Å². The van der Waals surface area contributed by atoms with E-state index < -0.39 is 28.5 Å². The number of carbonyl (C=O) groups excluding carboxylic acids is 2. The predicted molar refractivity (Wildman–Crippen MR) is 146 cm³/mol. The van der Waals surface area contributed by atoms with Gasteiger partial charge in [-0.15, -0.1) is 0 Å². The summed E-state index contributed by atoms with van der Waals surface area (Å²) in [6, 6.07) is 13.9. The number of rotatable bonds is 10. The molecule has 1 heterocycles. The molecule has 2 amide bonds. The number of sulfonamides is 1. The van der Waals surface area contributed by atoms with E-state index in [2.05, 4.69) is 5.32 Å². The molecule has 9 nitrogen and oxygen atoms in total. The van der Waals surface area contributed by atoms with Gasteiger partial charge in [-0.25, -0.2) is 8.42 Å². The molecule has 0 aromatic heterocycles. The Bertz CT molecular complexity index is 1210. The first-order valence-electron chi connectivity index (χ1n) is 13.2. The number of ether oxygens (including phenoxy) is 2. The Balaban J connectivity index is 1.55. The van der Waals surface area contributed by atoms with Crippen molar-refractivity contribution >= 4 is 27.5 Å². The van der Waals surface area contributed by atoms with E-state index in [1.165, 1.54) is 11.3 Å². The fourth-order valence-corrected chi connectivity index (χ4v) is 5.78. The summed E-state index contributed by atoms with van der Waals surface area (Å²) in [6.07, 6.45) is 6.79. The number of amides is 2. The standard InChI is InChI=1S/C28H37N3O6S/c1-21(28(33)29-23-11-7-4-8-12-23)30(16-15-22-9-5-3-6-10-22)27(32)20-31(38(2,34)35)24-13-14-25-26(19-24)37-18-17-36-25/h3,5-6,9-10,13-14,19,21,23H,4,7-8,11-12,15-18,20H2,1-2H3,(H,29,33). The van der Waals surface area contributed by atoms with Crippen LogP contribution >= 0.6 is 0 Å². The topological polar surface area (TPSA) is 105 Å². The van der Waals surface area contributed by atoms with E-state index in [9.17, 15) is 18.0 Å². The quantitative estimate of drug-likeness (QED) is 0.494. The van der Waals surface area contributed by atoms with Crippen LogP contribution in [0.2, 0.25) is 0 Å². The zero-order chi connectivity index (χ0) is 27.1. The Morgan fingerprint density at radius 2 is 1.68 bits per heavy atom. The molecular formula is C28H37N3O6S. The van der Waals surface area contributed by atoms with E-state index in [1.807, 2.05) is 30.3 Å². The third-order valence-corrected chi connectivity index (χ3v) is 8.24. The van der Waals surface area contributed by atoms with Crippen molar-refractivity contribution in [1.82, 2.24) is 10.2 Å². The molecule has 2 aromatic rings. The van der Waals surface area contributed by atoms with E-state index in [0.717, 1.165) is 41.8 Å². The van der Waals surface area contributed by atoms with Gasteiger partial charge in [0, 0.05) is 18.7 Å². The maximum Gasteiger partial charge on any atom is 0.244 e. The van der Waals surface area contributed by atoms with E-state index in [-0.39, 0.29) is 18.5 Å². The van der Waals surface area contributed by atoms with Crippen LogP contribution in [0.25, 0.3) is 0 Å². The van der Waals surface area contributed by atoms with Crippen molar-refractivity contribution < 1.29 is 27.5 Å². The molecule has 0 radical (unpaired) electrons. The molecular weight excluding hydrogens is 506 g/mol. The van der Waals surface area contributed by atoms with E-state index in [4.69, 9.17) is 9.47 Å². The number of nitrogens with one attached hydrogen (secondary N) is 1. The number of nitrogens with zero attached hydrogens (tertiary/aromatic N) is 2. The molecule has 4 rings (SSSR count). The predicted octanol–water partition coefficient (Wildman–Crippen LogP) is 3.13. The molecule has 1 aliphatic heterocycles. The molecule has 0 spiro atoms. The lowest BCUT2D eigenvalue weighted by Crippen LogP contribution is -2.53. The zero-order valence-corrected chi connectivity index (χ0v) is 22.9. The van der Waals surface area contributed by atoms with Gasteiger partial charge in [0.2, 0.25) is 21.8 Å². The van der Waals surface area contributed by atoms with Gasteiger partial charge < -0.3 is 19.7 Å². The van der Waals surface area contributed by atoms with Crippen LogP contribution in [0.1, 0.15) is 44.6 Å². The largest absolute Gasteiger partial charge is 0.486 e. The molecule has 1 unspecified atom stereocenters. The second-order valence-corrected chi connectivity index (χ2v) is 11.8. The number of hydrogen-bond acceptors (Lipinski definition) is 6. The van der Waals surface area contributed by atoms with Crippen LogP contribution in [0.15, 0.2) is 48.5 Å². The van der Waals surface area contributed by atoms with Crippen molar-refractivity contribution in [2.75, 3.05) is 36.9 Å². The number of carbonyl (C=O) groups is 2. The zero-order valence-electron chi connectivity index (χ0n) is 22.1. The molecule has 38 heavy (non-hydrogen) atoms. The Hall–Kier alpha value is -3.27. The molecule has 1 N–H and O–H groups in total. The van der Waals surface area contributed by atoms with Gasteiger partial charge in [-0.2, -0.15) is 0 Å². The summed E-state index contributed by atoms with van der Waals surface area (Å²) >= 11 is 0. The van der Waals surface area contributed by atoms with Crippen LogP contribution in [0.4, 0.5) is 5.69 Å². The first-order valence-corrected chi connectivity index (χ1v) is 15.1. The molecule has 206 valence electrons. The van der Waals surface area contributed by atoms with Gasteiger partial charge in [-0.1, -0.05) is 49.6 Å². The van der Waals surface area contributed by atoms with Crippen LogP contribution in [-0.2, 0) is 26.0 Å². The number of benzene rings is 2. The van der Waals surface area contributed by atoms with Gasteiger partial charge in [-0.05, 0) is 43.9 Å². The highest BCUT2D eigenvalue weighted by Gasteiger charge is 2.31. The van der Waals surface area contributed by atoms with Crippen molar-refractivity contribution in [3.05, 3.63) is 54.1 Å². The summed E-state index contributed by atoms with van der Waals surface area (Å²) in [5, 5.41) is 3.11. The van der Waals surface area contributed by atoms with Gasteiger partial charge in [0.15, 0.2) is 11.5 Å². The van der Waals surface area contributed by atoms with Crippen LogP contribution in [0, 0.1) is 0 Å². The summed E-state index contributed by atoms with van der Waals surface area (Å²) < 4.78 is 37.8. The van der Waals surface area contributed by atoms with Crippen LogP contribution in [0.3, 0.4) is 0 Å². The maximum atomic E-state index is 13.7. The number of fused-ring (bicyclic) bond motifs is 1. The molecule has 0 saturated heterocycles. The van der Waals surface area contributed by atoms with Crippen LogP contribution in [-0.4, -0.2) is 69.8 Å². The summed E-state index contributed by atoms with van der Waals surface area (Å²) in [6.45, 7) is 2.32. The van der Waals surface area contributed by atoms with Crippen molar-refractivity contribution in [3.63, 3.8) is 0 Å². The van der Waals surface area contributed by atoms with E-state index in [0.29, 0.717) is 36.8 Å². The lowest BCUT2D eigenvalue weighted by atomic mass is 9.95. The van der Waals surface area contributed by atoms with Crippen molar-refractivity contribution in [3.8, 4) is 11.5 Å². The lowest BCUT2D eigenvalue weighted by molar-refractivity contribution is -0.139. The highest BCUT2D eigenvalue weighted by atomic mass is 32.2. The fourth-order valence-electron chi connectivity index (χ4n) is 4.94. The Morgan fingerprint density at radius 1 is 1.00 bits per heavy atom. The third-order valence-electron chi connectivity index (χ3n) is 7.10. The molecule has 2 aliphatic rings. The first kappa shape index (κ1) is 27.8. The van der Waals surface area contributed by atoms with E-state index >= 15 is 0 Å². The molecule has 1 aliphatic carbocycles. The minimum Gasteiger partial charge on any atom is -0.486 e. The smallest absolute Gasteiger partial charge is 0.244 e. The fraction of sp³-hybridized carbons (Fsp3) is 0.500. The molecule has 10 heteroatoms. The highest BCUT2D eigenvalue weighted by molar-refractivity contribution is 7.92. The van der Waals surface area contributed by atoms with Gasteiger partial charge >= 0.3 is 0 Å². The summed E-state index contributed by atoms with van der Waals surface area (Å²) in [5.74, 6) is 0.282. The number of hydrogen-bond donors (Lipinski definition) is 1. The van der Waals surface area contributed by atoms with E-state index in [1.54, 1.807) is 25.1 Å². The van der Waals surface area contributed by atoms with Gasteiger partial charge in [-0.3, -0.25) is 13.9 Å². The van der Waals surface area contributed by atoms with Crippen molar-refractivity contribution in [1.29, 1.82) is 0 Å². The second kappa shape index (κ2) is 12.5. The normalized spacial score (nSPS) is 16.4. The molecule has 1 saturated carbocycles. The minimum atomic E-state index is -3.82. The third kappa shape index (κ3) is 7.18. The Morgan fingerprint density at radius 3 is 2.37 bits per heavy atom. The first-order chi connectivity index (χ1) is 18.2. The monoisotopic (exact) mass is 543 g/mol. The second-order valence-electron chi connectivity index (χ2n) is 9.94. The van der Waals surface area contributed by atoms with Crippen LogP contribution in [0.5, 0.6) is 11.5 Å². The number of anilines is 1.